The molecule has 2 unspecified atom stereocenters. The van der Waals surface area contributed by atoms with Gasteiger partial charge < -0.3 is 15.3 Å². The van der Waals surface area contributed by atoms with E-state index in [4.69, 9.17) is 25.8 Å². The summed E-state index contributed by atoms with van der Waals surface area (Å²) in [6.45, 7) is 8.05. The number of aliphatic carboxylic acids is 2. The summed E-state index contributed by atoms with van der Waals surface area (Å²) in [5, 5.41) is 51.2. The second kappa shape index (κ2) is 10.4. The predicted octanol–water partition coefficient (Wildman–Crippen LogP) is 2.51. The third-order valence-electron chi connectivity index (χ3n) is 2.62. The highest BCUT2D eigenvalue weighted by Gasteiger charge is 2.29. The van der Waals surface area contributed by atoms with Gasteiger partial charge in [-0.25, -0.2) is 0 Å². The van der Waals surface area contributed by atoms with E-state index in [9.17, 15) is 9.59 Å². The Hall–Kier alpha value is -2.52. The van der Waals surface area contributed by atoms with Crippen LogP contribution < -0.4 is 0 Å². The molecule has 0 aromatic rings. The van der Waals surface area contributed by atoms with Crippen molar-refractivity contribution in [3.05, 3.63) is 0 Å². The highest BCUT2D eigenvalue weighted by atomic mass is 16.4. The number of hydrogen-bond donors (Lipinski definition) is 3. The molecule has 0 aliphatic heterocycles. The number of rotatable bonds is 8. The Morgan fingerprint density at radius 1 is 0.840 bits per heavy atom. The molecular weight excluding hydrogens is 328 g/mol. The lowest BCUT2D eigenvalue weighted by molar-refractivity contribution is -0.138. The van der Waals surface area contributed by atoms with Gasteiger partial charge in [0.15, 0.2) is 11.1 Å². The molecule has 140 valence electrons. The van der Waals surface area contributed by atoms with Gasteiger partial charge in [0, 0.05) is 12.8 Å². The molecule has 0 aromatic carbocycles. The molecule has 0 fully saturated rings. The minimum absolute atomic E-state index is 0.0389. The van der Waals surface area contributed by atoms with Crippen molar-refractivity contribution >= 4 is 11.9 Å². The minimum atomic E-state index is -1.35. The van der Waals surface area contributed by atoms with Crippen LogP contribution in [-0.4, -0.2) is 43.9 Å². The number of nitrogens with zero attached hydrogens (tertiary/aromatic N) is 4. The molecule has 0 rings (SSSR count). The molecule has 0 aliphatic rings. The largest absolute Gasteiger partial charge is 0.481 e. The maximum absolute atomic E-state index is 10.5. The normalized spacial score (nSPS) is 15.7. The number of nitriles is 2. The number of carboxylic acids is 2. The van der Waals surface area contributed by atoms with Gasteiger partial charge >= 0.3 is 11.9 Å². The van der Waals surface area contributed by atoms with Crippen LogP contribution in [0.1, 0.15) is 60.3 Å². The molecule has 2 atom stereocenters. The van der Waals surface area contributed by atoms with Crippen LogP contribution in [0.15, 0.2) is 10.2 Å². The maximum Gasteiger partial charge on any atom is 0.303 e. The van der Waals surface area contributed by atoms with E-state index in [0.717, 1.165) is 0 Å². The zero-order valence-electron chi connectivity index (χ0n) is 15.3. The molecule has 0 heterocycles. The summed E-state index contributed by atoms with van der Waals surface area (Å²) in [7, 11) is 0. The topological polar surface area (TPSA) is 167 Å². The Bertz CT molecular complexity index is 521. The molecule has 3 N–H and O–H groups in total. The van der Waals surface area contributed by atoms with Crippen LogP contribution in [0.5, 0.6) is 0 Å². The molecule has 9 nitrogen and oxygen atoms in total. The van der Waals surface area contributed by atoms with Crippen LogP contribution >= 0.6 is 0 Å². The van der Waals surface area contributed by atoms with Crippen LogP contribution in [0.25, 0.3) is 0 Å². The molecule has 0 amide bonds. The van der Waals surface area contributed by atoms with Gasteiger partial charge in [-0.15, -0.1) is 0 Å². The number of hydrogen-bond acceptors (Lipinski definition) is 7. The number of carbonyl (C=O) groups is 2. The van der Waals surface area contributed by atoms with Crippen molar-refractivity contribution in [3.8, 4) is 12.1 Å². The smallest absolute Gasteiger partial charge is 0.303 e. The third-order valence-corrected chi connectivity index (χ3v) is 2.62. The van der Waals surface area contributed by atoms with E-state index in [1.807, 2.05) is 12.1 Å². The molecular formula is C16H26N4O5. The molecule has 0 radical (unpaired) electrons. The van der Waals surface area contributed by atoms with Gasteiger partial charge in [-0.2, -0.15) is 20.8 Å². The van der Waals surface area contributed by atoms with E-state index in [1.54, 1.807) is 20.8 Å². The zero-order chi connectivity index (χ0) is 20.3. The fourth-order valence-electron chi connectivity index (χ4n) is 1.18. The maximum atomic E-state index is 10.5. The third kappa shape index (κ3) is 16.1. The van der Waals surface area contributed by atoms with E-state index in [2.05, 4.69) is 10.2 Å². The number of aliphatic hydroxyl groups is 1. The number of azo groups is 1. The van der Waals surface area contributed by atoms with Crippen molar-refractivity contribution in [1.29, 1.82) is 10.5 Å². The van der Waals surface area contributed by atoms with Crippen molar-refractivity contribution in [1.82, 2.24) is 0 Å². The molecule has 25 heavy (non-hydrogen) atoms. The Labute approximate surface area is 147 Å². The molecule has 0 spiro atoms. The molecule has 0 bridgehead atoms. The minimum Gasteiger partial charge on any atom is -0.481 e. The lowest BCUT2D eigenvalue weighted by Gasteiger charge is -2.18. The summed E-state index contributed by atoms with van der Waals surface area (Å²) in [4.78, 5) is 21.0. The van der Waals surface area contributed by atoms with Gasteiger partial charge in [0.2, 0.25) is 0 Å². The summed E-state index contributed by atoms with van der Waals surface area (Å²) < 4.78 is 0. The zero-order valence-corrected chi connectivity index (χ0v) is 15.3. The van der Waals surface area contributed by atoms with Crippen molar-refractivity contribution in [2.75, 3.05) is 0 Å². The number of carboxylic acid groups (broad SMARTS) is 2. The lowest BCUT2D eigenvalue weighted by Crippen LogP contribution is -2.25. The summed E-state index contributed by atoms with van der Waals surface area (Å²) in [5.74, 6) is -2.12. The first-order valence-electron chi connectivity index (χ1n) is 7.59. The van der Waals surface area contributed by atoms with E-state index in [0.29, 0.717) is 0 Å². The van der Waals surface area contributed by atoms with Crippen LogP contribution in [-0.2, 0) is 9.59 Å². The van der Waals surface area contributed by atoms with Crippen molar-refractivity contribution in [2.24, 2.45) is 10.2 Å². The molecule has 0 saturated carbocycles. The van der Waals surface area contributed by atoms with Gasteiger partial charge in [0.05, 0.1) is 17.7 Å². The van der Waals surface area contributed by atoms with Crippen LogP contribution in [0.2, 0.25) is 0 Å². The quantitative estimate of drug-likeness (QED) is 0.562. The van der Waals surface area contributed by atoms with Gasteiger partial charge in [0.1, 0.15) is 0 Å². The van der Waals surface area contributed by atoms with Crippen molar-refractivity contribution in [3.63, 3.8) is 0 Å². The van der Waals surface area contributed by atoms with Crippen LogP contribution in [0.4, 0.5) is 0 Å². The van der Waals surface area contributed by atoms with Crippen LogP contribution in [0, 0.1) is 22.7 Å². The fourth-order valence-corrected chi connectivity index (χ4v) is 1.18. The second-order valence-electron chi connectivity index (χ2n) is 6.93. The monoisotopic (exact) mass is 354 g/mol. The molecule has 0 saturated heterocycles. The predicted molar refractivity (Wildman–Crippen MR) is 88.6 cm³/mol. The van der Waals surface area contributed by atoms with Gasteiger partial charge in [0.25, 0.3) is 0 Å². The molecule has 0 aromatic heterocycles. The first kappa shape index (κ1) is 24.7. The van der Waals surface area contributed by atoms with E-state index in [-0.39, 0.29) is 25.7 Å². The summed E-state index contributed by atoms with van der Waals surface area (Å²) in [5.41, 5.74) is -3.19. The van der Waals surface area contributed by atoms with E-state index >= 15 is 0 Å². The fraction of sp³-hybridized carbons (Fsp3) is 0.750. The van der Waals surface area contributed by atoms with Gasteiger partial charge in [-0.3, -0.25) is 9.59 Å². The standard InChI is InChI=1S/C12H16N4O4.C4H10O/c1-11(7-13,5-3-9(17)18)15-16-12(2,8-14)6-4-10(19)20;1-4(2,3)5/h3-6H2,1-2H3,(H,17,18)(H,19,20);5H,1-3H3. The first-order valence-corrected chi connectivity index (χ1v) is 7.59. The molecule has 0 aliphatic carbocycles. The Morgan fingerprint density at radius 3 is 1.24 bits per heavy atom. The van der Waals surface area contributed by atoms with Gasteiger partial charge in [-0.05, 0) is 47.5 Å². The lowest BCUT2D eigenvalue weighted by atomic mass is 9.97. The molecule has 9 heteroatoms. The first-order chi connectivity index (χ1) is 11.2. The summed E-state index contributed by atoms with van der Waals surface area (Å²) in [6.07, 6.45) is -0.575. The highest BCUT2D eigenvalue weighted by molar-refractivity contribution is 5.67. The Balaban J connectivity index is 0. The van der Waals surface area contributed by atoms with Crippen molar-refractivity contribution < 1.29 is 24.9 Å². The second-order valence-corrected chi connectivity index (χ2v) is 6.93. The van der Waals surface area contributed by atoms with Crippen LogP contribution in [0.3, 0.4) is 0 Å². The van der Waals surface area contributed by atoms with Crippen molar-refractivity contribution in [2.45, 2.75) is 77.0 Å². The van der Waals surface area contributed by atoms with E-state index in [1.165, 1.54) is 13.8 Å². The SMILES string of the molecule is CC(C#N)(CCC(=O)O)N=NC(C)(C#N)CCC(=O)O.CC(C)(C)O. The Kier molecular flexibility index (Phi) is 10.3. The average molecular weight is 354 g/mol. The average Bonchev–Trinajstić information content (AvgIpc) is 2.47. The summed E-state index contributed by atoms with van der Waals surface area (Å²) >= 11 is 0. The Morgan fingerprint density at radius 2 is 1.08 bits per heavy atom. The van der Waals surface area contributed by atoms with Gasteiger partial charge in [-0.1, -0.05) is 0 Å². The van der Waals surface area contributed by atoms with E-state index < -0.39 is 28.6 Å². The summed E-state index contributed by atoms with van der Waals surface area (Å²) in [6, 6.07) is 3.69. The highest BCUT2D eigenvalue weighted by Crippen LogP contribution is 2.23.